The van der Waals surface area contributed by atoms with E-state index in [9.17, 15) is 9.59 Å². The van der Waals surface area contributed by atoms with Gasteiger partial charge in [0.05, 0.1) is 18.8 Å². The summed E-state index contributed by atoms with van der Waals surface area (Å²) >= 11 is 3.49. The number of hydrogen-bond donors (Lipinski definition) is 2. The Morgan fingerprint density at radius 3 is 2.50 bits per heavy atom. The molecule has 1 heterocycles. The maximum absolute atomic E-state index is 12.1. The number of carbonyl (C=O) groups is 2. The number of rotatable bonds is 4. The highest BCUT2D eigenvalue weighted by atomic mass is 79.9. The van der Waals surface area contributed by atoms with E-state index in [1.807, 2.05) is 18.2 Å². The number of benzene rings is 1. The molecule has 22 heavy (non-hydrogen) atoms. The SMILES string of the molecule is CC(C)(C)c1ccc(NC2=CC(=O)N(CCO)C2=O)c(Br)c1. The summed E-state index contributed by atoms with van der Waals surface area (Å²) in [5.74, 6) is -0.838. The van der Waals surface area contributed by atoms with Gasteiger partial charge in [0.1, 0.15) is 5.70 Å². The Morgan fingerprint density at radius 2 is 1.95 bits per heavy atom. The highest BCUT2D eigenvalue weighted by Crippen LogP contribution is 2.31. The van der Waals surface area contributed by atoms with Crippen molar-refractivity contribution < 1.29 is 14.7 Å². The number of aliphatic hydroxyl groups is 1. The van der Waals surface area contributed by atoms with Crippen LogP contribution in [0.4, 0.5) is 5.69 Å². The molecule has 0 aliphatic carbocycles. The van der Waals surface area contributed by atoms with Crippen LogP contribution in [0.5, 0.6) is 0 Å². The zero-order valence-corrected chi connectivity index (χ0v) is 14.4. The number of aliphatic hydroxyl groups excluding tert-OH is 1. The van der Waals surface area contributed by atoms with Crippen LogP contribution in [0.25, 0.3) is 0 Å². The highest BCUT2D eigenvalue weighted by molar-refractivity contribution is 9.10. The Bertz CT molecular complexity index is 647. The maximum Gasteiger partial charge on any atom is 0.277 e. The molecule has 0 fully saturated rings. The van der Waals surface area contributed by atoms with Crippen molar-refractivity contribution >= 4 is 33.4 Å². The number of nitrogens with one attached hydrogen (secondary N) is 1. The van der Waals surface area contributed by atoms with Crippen molar-refractivity contribution in [3.63, 3.8) is 0 Å². The van der Waals surface area contributed by atoms with Crippen molar-refractivity contribution in [2.75, 3.05) is 18.5 Å². The zero-order chi connectivity index (χ0) is 16.5. The first-order valence-electron chi connectivity index (χ1n) is 6.99. The van der Waals surface area contributed by atoms with E-state index >= 15 is 0 Å². The molecule has 0 unspecified atom stereocenters. The van der Waals surface area contributed by atoms with Crippen LogP contribution in [0.1, 0.15) is 26.3 Å². The zero-order valence-electron chi connectivity index (χ0n) is 12.8. The van der Waals surface area contributed by atoms with Gasteiger partial charge in [-0.05, 0) is 39.0 Å². The van der Waals surface area contributed by atoms with Crippen LogP contribution < -0.4 is 5.32 Å². The molecule has 1 aromatic rings. The molecule has 2 rings (SSSR count). The number of imide groups is 1. The fourth-order valence-corrected chi connectivity index (χ4v) is 2.62. The van der Waals surface area contributed by atoms with E-state index in [1.54, 1.807) is 0 Å². The Morgan fingerprint density at radius 1 is 1.27 bits per heavy atom. The number of anilines is 1. The van der Waals surface area contributed by atoms with Gasteiger partial charge in [-0.1, -0.05) is 26.8 Å². The summed E-state index contributed by atoms with van der Waals surface area (Å²) in [6, 6.07) is 5.86. The highest BCUT2D eigenvalue weighted by Gasteiger charge is 2.30. The second kappa shape index (κ2) is 6.22. The van der Waals surface area contributed by atoms with Gasteiger partial charge in [0.15, 0.2) is 0 Å². The minimum absolute atomic E-state index is 0.00345. The fourth-order valence-electron chi connectivity index (χ4n) is 2.14. The van der Waals surface area contributed by atoms with E-state index in [0.29, 0.717) is 5.69 Å². The molecular weight excluding hydrogens is 348 g/mol. The largest absolute Gasteiger partial charge is 0.395 e. The van der Waals surface area contributed by atoms with Gasteiger partial charge in [-0.25, -0.2) is 0 Å². The van der Waals surface area contributed by atoms with Crippen LogP contribution in [0.2, 0.25) is 0 Å². The van der Waals surface area contributed by atoms with E-state index in [0.717, 1.165) is 14.9 Å². The normalized spacial score (nSPS) is 15.3. The third-order valence-electron chi connectivity index (χ3n) is 3.44. The molecular formula is C16H19BrN2O3. The Labute approximate surface area is 138 Å². The summed E-state index contributed by atoms with van der Waals surface area (Å²) in [5.41, 5.74) is 2.11. The van der Waals surface area contributed by atoms with Crippen LogP contribution in [0.15, 0.2) is 34.4 Å². The predicted octanol–water partition coefficient (Wildman–Crippen LogP) is 2.40. The first kappa shape index (κ1) is 16.7. The van der Waals surface area contributed by atoms with Crippen LogP contribution in [-0.2, 0) is 15.0 Å². The number of amides is 2. The van der Waals surface area contributed by atoms with Crippen molar-refractivity contribution in [1.82, 2.24) is 4.90 Å². The number of β-amino-alcohol motifs (C(OH)–C–C–N with tert-alkyl or cyclic N) is 1. The van der Waals surface area contributed by atoms with Crippen LogP contribution in [0.3, 0.4) is 0 Å². The summed E-state index contributed by atoms with van der Waals surface area (Å²) in [5, 5.41) is 11.9. The van der Waals surface area contributed by atoms with Crippen molar-refractivity contribution in [2.45, 2.75) is 26.2 Å². The third kappa shape index (κ3) is 3.39. The first-order chi connectivity index (χ1) is 10.2. The average Bonchev–Trinajstić information content (AvgIpc) is 2.68. The average molecular weight is 367 g/mol. The van der Waals surface area contributed by atoms with Gasteiger partial charge in [0.2, 0.25) is 0 Å². The minimum atomic E-state index is -0.425. The van der Waals surface area contributed by atoms with Gasteiger partial charge >= 0.3 is 0 Å². The lowest BCUT2D eigenvalue weighted by atomic mass is 9.87. The molecule has 0 radical (unpaired) electrons. The van der Waals surface area contributed by atoms with Gasteiger partial charge < -0.3 is 10.4 Å². The lowest BCUT2D eigenvalue weighted by Crippen LogP contribution is -2.34. The van der Waals surface area contributed by atoms with E-state index in [-0.39, 0.29) is 24.3 Å². The molecule has 0 atom stereocenters. The summed E-state index contributed by atoms with van der Waals surface area (Å²) < 4.78 is 0.821. The topological polar surface area (TPSA) is 69.6 Å². The lowest BCUT2D eigenvalue weighted by Gasteiger charge is -2.20. The molecule has 0 aromatic heterocycles. The van der Waals surface area contributed by atoms with Gasteiger partial charge in [0.25, 0.3) is 11.8 Å². The minimum Gasteiger partial charge on any atom is -0.395 e. The molecule has 0 spiro atoms. The quantitative estimate of drug-likeness (QED) is 0.802. The Balaban J connectivity index is 2.20. The van der Waals surface area contributed by atoms with Gasteiger partial charge in [0, 0.05) is 10.5 Å². The molecule has 0 saturated carbocycles. The van der Waals surface area contributed by atoms with E-state index in [1.165, 1.54) is 6.08 Å². The van der Waals surface area contributed by atoms with Gasteiger partial charge in [-0.3, -0.25) is 14.5 Å². The molecule has 2 amide bonds. The van der Waals surface area contributed by atoms with Crippen LogP contribution in [-0.4, -0.2) is 35.0 Å². The Kier molecular flexibility index (Phi) is 4.72. The smallest absolute Gasteiger partial charge is 0.277 e. The van der Waals surface area contributed by atoms with Crippen molar-refractivity contribution in [3.8, 4) is 0 Å². The van der Waals surface area contributed by atoms with Gasteiger partial charge in [-0.15, -0.1) is 0 Å². The number of halogens is 1. The number of hydrogen-bond acceptors (Lipinski definition) is 4. The van der Waals surface area contributed by atoms with E-state index in [2.05, 4.69) is 42.0 Å². The molecule has 2 N–H and O–H groups in total. The summed E-state index contributed by atoms with van der Waals surface area (Å²) in [6.45, 7) is 6.12. The molecule has 5 nitrogen and oxygen atoms in total. The van der Waals surface area contributed by atoms with Gasteiger partial charge in [-0.2, -0.15) is 0 Å². The monoisotopic (exact) mass is 366 g/mol. The van der Waals surface area contributed by atoms with Crippen LogP contribution >= 0.6 is 15.9 Å². The molecule has 1 aliphatic rings. The molecule has 1 aliphatic heterocycles. The van der Waals surface area contributed by atoms with E-state index in [4.69, 9.17) is 5.11 Å². The van der Waals surface area contributed by atoms with Crippen molar-refractivity contribution in [3.05, 3.63) is 40.0 Å². The summed E-state index contributed by atoms with van der Waals surface area (Å²) in [7, 11) is 0. The number of carbonyl (C=O) groups excluding carboxylic acids is 2. The maximum atomic E-state index is 12.1. The Hall–Kier alpha value is -1.66. The molecule has 0 saturated heterocycles. The molecule has 0 bridgehead atoms. The van der Waals surface area contributed by atoms with Crippen molar-refractivity contribution in [1.29, 1.82) is 0 Å². The first-order valence-corrected chi connectivity index (χ1v) is 7.79. The standard InChI is InChI=1S/C16H19BrN2O3/c1-16(2,3)10-4-5-12(11(17)8-10)18-13-9-14(21)19(6-7-20)15(13)22/h4-5,8-9,18,20H,6-7H2,1-3H3. The molecule has 1 aromatic carbocycles. The fraction of sp³-hybridized carbons (Fsp3) is 0.375. The van der Waals surface area contributed by atoms with E-state index < -0.39 is 11.8 Å². The molecule has 118 valence electrons. The summed E-state index contributed by atoms with van der Waals surface area (Å²) in [4.78, 5) is 24.8. The third-order valence-corrected chi connectivity index (χ3v) is 4.09. The predicted molar refractivity (Wildman–Crippen MR) is 88.4 cm³/mol. The lowest BCUT2D eigenvalue weighted by molar-refractivity contribution is -0.137. The number of nitrogens with zero attached hydrogens (tertiary/aromatic N) is 1. The van der Waals surface area contributed by atoms with Crippen molar-refractivity contribution in [2.24, 2.45) is 0 Å². The van der Waals surface area contributed by atoms with Crippen LogP contribution in [0, 0.1) is 0 Å². The second-order valence-electron chi connectivity index (χ2n) is 6.15. The summed E-state index contributed by atoms with van der Waals surface area (Å²) in [6.07, 6.45) is 1.25. The molecule has 6 heteroatoms. The second-order valence-corrected chi connectivity index (χ2v) is 7.00.